The molecule has 0 bridgehead atoms. The SMILES string of the molecule is Cc1nn(C)cc1C(=O)CC(=O)c1ccc([N+](=O)[O-])cc1. The van der Waals surface area contributed by atoms with Gasteiger partial charge in [-0.3, -0.25) is 24.4 Å². The number of ketones is 2. The topological polar surface area (TPSA) is 95.1 Å². The number of carbonyl (C=O) groups is 2. The molecular weight excluding hydrogens is 274 g/mol. The molecule has 21 heavy (non-hydrogen) atoms. The molecule has 7 heteroatoms. The van der Waals surface area contributed by atoms with Gasteiger partial charge in [0.1, 0.15) is 0 Å². The fourth-order valence-electron chi connectivity index (χ4n) is 1.99. The highest BCUT2D eigenvalue weighted by Crippen LogP contribution is 2.15. The average Bonchev–Trinajstić information content (AvgIpc) is 2.77. The lowest BCUT2D eigenvalue weighted by molar-refractivity contribution is -0.384. The molecule has 0 aliphatic rings. The monoisotopic (exact) mass is 287 g/mol. The van der Waals surface area contributed by atoms with Gasteiger partial charge in [0.05, 0.1) is 22.6 Å². The number of Topliss-reactive ketones (excluding diaryl/α,β-unsaturated/α-hetero) is 2. The molecule has 0 amide bonds. The van der Waals surface area contributed by atoms with Crippen LogP contribution in [0.25, 0.3) is 0 Å². The Bertz CT molecular complexity index is 716. The van der Waals surface area contributed by atoms with E-state index >= 15 is 0 Å². The first kappa shape index (κ1) is 14.6. The number of benzene rings is 1. The number of nitrogens with zero attached hydrogens (tertiary/aromatic N) is 3. The summed E-state index contributed by atoms with van der Waals surface area (Å²) in [5, 5.41) is 14.6. The zero-order chi connectivity index (χ0) is 15.6. The van der Waals surface area contributed by atoms with Crippen LogP contribution in [0, 0.1) is 17.0 Å². The first-order chi connectivity index (χ1) is 9.88. The molecule has 2 aromatic rings. The molecule has 0 atom stereocenters. The smallest absolute Gasteiger partial charge is 0.269 e. The molecule has 0 unspecified atom stereocenters. The van der Waals surface area contributed by atoms with Gasteiger partial charge >= 0.3 is 0 Å². The maximum Gasteiger partial charge on any atom is 0.269 e. The Morgan fingerprint density at radius 2 is 1.86 bits per heavy atom. The predicted molar refractivity (Wildman–Crippen MR) is 74.3 cm³/mol. The minimum absolute atomic E-state index is 0.0963. The molecule has 0 aliphatic heterocycles. The lowest BCUT2D eigenvalue weighted by Gasteiger charge is -2.00. The average molecular weight is 287 g/mol. The van der Waals surface area contributed by atoms with E-state index in [0.717, 1.165) is 0 Å². The van der Waals surface area contributed by atoms with Crippen molar-refractivity contribution in [3.63, 3.8) is 0 Å². The highest BCUT2D eigenvalue weighted by atomic mass is 16.6. The lowest BCUT2D eigenvalue weighted by atomic mass is 10.0. The molecule has 0 spiro atoms. The summed E-state index contributed by atoms with van der Waals surface area (Å²) in [7, 11) is 1.70. The van der Waals surface area contributed by atoms with E-state index < -0.39 is 4.92 Å². The summed E-state index contributed by atoms with van der Waals surface area (Å²) in [5.41, 5.74) is 1.16. The summed E-state index contributed by atoms with van der Waals surface area (Å²) in [6.07, 6.45) is 1.28. The number of hydrogen-bond acceptors (Lipinski definition) is 5. The number of nitro groups is 1. The van der Waals surface area contributed by atoms with E-state index in [9.17, 15) is 19.7 Å². The fraction of sp³-hybridized carbons (Fsp3) is 0.214. The van der Waals surface area contributed by atoms with Gasteiger partial charge in [-0.15, -0.1) is 0 Å². The van der Waals surface area contributed by atoms with Gasteiger partial charge in [-0.05, 0) is 19.1 Å². The Hall–Kier alpha value is -2.83. The van der Waals surface area contributed by atoms with Crippen molar-refractivity contribution in [1.29, 1.82) is 0 Å². The van der Waals surface area contributed by atoms with Crippen molar-refractivity contribution < 1.29 is 14.5 Å². The van der Waals surface area contributed by atoms with E-state index in [0.29, 0.717) is 11.3 Å². The van der Waals surface area contributed by atoms with Crippen molar-refractivity contribution >= 4 is 17.3 Å². The predicted octanol–water partition coefficient (Wildman–Crippen LogP) is 2.09. The van der Waals surface area contributed by atoms with E-state index in [1.165, 1.54) is 28.9 Å². The number of rotatable bonds is 5. The zero-order valence-corrected chi connectivity index (χ0v) is 11.6. The minimum atomic E-state index is -0.543. The Balaban J connectivity index is 2.12. The Labute approximate surface area is 120 Å². The van der Waals surface area contributed by atoms with Gasteiger partial charge in [0, 0.05) is 30.9 Å². The third kappa shape index (κ3) is 3.19. The quantitative estimate of drug-likeness (QED) is 0.363. The largest absolute Gasteiger partial charge is 0.294 e. The third-order valence-corrected chi connectivity index (χ3v) is 3.04. The molecular formula is C14H13N3O4. The normalized spacial score (nSPS) is 10.4. The van der Waals surface area contributed by atoms with Crippen molar-refractivity contribution in [3.8, 4) is 0 Å². The standard InChI is InChI=1S/C14H13N3O4/c1-9-12(8-16(2)15-9)14(19)7-13(18)10-3-5-11(6-4-10)17(20)21/h3-6,8H,7H2,1-2H3. The van der Waals surface area contributed by atoms with Crippen LogP contribution in [-0.2, 0) is 7.05 Å². The molecule has 7 nitrogen and oxygen atoms in total. The van der Waals surface area contributed by atoms with Crippen LogP contribution in [0.15, 0.2) is 30.5 Å². The number of aryl methyl sites for hydroxylation is 2. The molecule has 0 saturated carbocycles. The highest BCUT2D eigenvalue weighted by molar-refractivity contribution is 6.13. The summed E-state index contributed by atoms with van der Waals surface area (Å²) in [5.74, 6) is -0.692. The number of nitro benzene ring substituents is 1. The van der Waals surface area contributed by atoms with Gasteiger partial charge in [0.15, 0.2) is 11.6 Å². The second kappa shape index (κ2) is 5.66. The second-order valence-corrected chi connectivity index (χ2v) is 4.63. The van der Waals surface area contributed by atoms with Crippen LogP contribution in [-0.4, -0.2) is 26.3 Å². The van der Waals surface area contributed by atoms with Gasteiger partial charge < -0.3 is 0 Å². The molecule has 0 N–H and O–H groups in total. The lowest BCUT2D eigenvalue weighted by Crippen LogP contribution is -2.09. The van der Waals surface area contributed by atoms with Gasteiger partial charge in [-0.1, -0.05) is 0 Å². The van der Waals surface area contributed by atoms with Crippen molar-refractivity contribution in [3.05, 3.63) is 57.4 Å². The van der Waals surface area contributed by atoms with Crippen LogP contribution in [0.3, 0.4) is 0 Å². The summed E-state index contributed by atoms with van der Waals surface area (Å²) in [6.45, 7) is 1.70. The van der Waals surface area contributed by atoms with E-state index in [2.05, 4.69) is 5.10 Å². The molecule has 0 fully saturated rings. The maximum atomic E-state index is 12.1. The molecule has 2 rings (SSSR count). The maximum absolute atomic E-state index is 12.1. The number of carbonyl (C=O) groups excluding carboxylic acids is 2. The minimum Gasteiger partial charge on any atom is -0.294 e. The Kier molecular flexibility index (Phi) is 3.93. The number of hydrogen-bond donors (Lipinski definition) is 0. The third-order valence-electron chi connectivity index (χ3n) is 3.04. The molecule has 1 aromatic carbocycles. The molecule has 1 aromatic heterocycles. The first-order valence-corrected chi connectivity index (χ1v) is 6.19. The summed E-state index contributed by atoms with van der Waals surface area (Å²) in [4.78, 5) is 34.1. The van der Waals surface area contributed by atoms with Crippen LogP contribution in [0.4, 0.5) is 5.69 Å². The Morgan fingerprint density at radius 1 is 1.24 bits per heavy atom. The van der Waals surface area contributed by atoms with E-state index in [4.69, 9.17) is 0 Å². The van der Waals surface area contributed by atoms with Crippen molar-refractivity contribution in [2.24, 2.45) is 7.05 Å². The van der Waals surface area contributed by atoms with Crippen LogP contribution >= 0.6 is 0 Å². The summed E-state index contributed by atoms with van der Waals surface area (Å²) < 4.78 is 1.51. The van der Waals surface area contributed by atoms with Gasteiger partial charge in [0.2, 0.25) is 0 Å². The summed E-state index contributed by atoms with van der Waals surface area (Å²) in [6, 6.07) is 5.19. The fourth-order valence-corrected chi connectivity index (χ4v) is 1.99. The molecule has 0 radical (unpaired) electrons. The van der Waals surface area contributed by atoms with Crippen LogP contribution in [0.2, 0.25) is 0 Å². The van der Waals surface area contributed by atoms with E-state index in [1.807, 2.05) is 0 Å². The van der Waals surface area contributed by atoms with Crippen LogP contribution in [0.5, 0.6) is 0 Å². The van der Waals surface area contributed by atoms with Crippen molar-refractivity contribution in [2.45, 2.75) is 13.3 Å². The molecule has 0 aliphatic carbocycles. The highest BCUT2D eigenvalue weighted by Gasteiger charge is 2.18. The molecule has 108 valence electrons. The van der Waals surface area contributed by atoms with Gasteiger partial charge in [-0.2, -0.15) is 5.10 Å². The first-order valence-electron chi connectivity index (χ1n) is 6.19. The van der Waals surface area contributed by atoms with Crippen molar-refractivity contribution in [2.75, 3.05) is 0 Å². The zero-order valence-electron chi connectivity index (χ0n) is 11.6. The summed E-state index contributed by atoms with van der Waals surface area (Å²) >= 11 is 0. The second-order valence-electron chi connectivity index (χ2n) is 4.63. The van der Waals surface area contributed by atoms with Crippen molar-refractivity contribution in [1.82, 2.24) is 9.78 Å². The van der Waals surface area contributed by atoms with Crippen LogP contribution in [0.1, 0.15) is 32.8 Å². The molecule has 0 saturated heterocycles. The van der Waals surface area contributed by atoms with Gasteiger partial charge in [0.25, 0.3) is 5.69 Å². The Morgan fingerprint density at radius 3 is 2.33 bits per heavy atom. The van der Waals surface area contributed by atoms with Gasteiger partial charge in [-0.25, -0.2) is 0 Å². The number of aromatic nitrogens is 2. The van der Waals surface area contributed by atoms with E-state index in [1.54, 1.807) is 20.2 Å². The number of non-ortho nitro benzene ring substituents is 1. The van der Waals surface area contributed by atoms with Crippen LogP contribution < -0.4 is 0 Å². The van der Waals surface area contributed by atoms with E-state index in [-0.39, 0.29) is 29.2 Å². The molecule has 1 heterocycles.